The number of methoxy groups -OCH3 is 3. The summed E-state index contributed by atoms with van der Waals surface area (Å²) in [6.45, 7) is 0. The van der Waals surface area contributed by atoms with Crippen molar-refractivity contribution in [1.29, 1.82) is 0 Å². The number of benzene rings is 3. The highest BCUT2D eigenvalue weighted by molar-refractivity contribution is 7.89. The summed E-state index contributed by atoms with van der Waals surface area (Å²) in [5, 5.41) is 2.88. The van der Waals surface area contributed by atoms with Crippen molar-refractivity contribution in [2.45, 2.75) is 17.4 Å². The SMILES string of the molecule is COc1ccc(NC(=O)C(Cc2ccccc2)NS(=O)(=O)c2ccc(OC)c(Cl)c2)c(OC)c1. The highest BCUT2D eigenvalue weighted by Gasteiger charge is 2.27. The van der Waals surface area contributed by atoms with Crippen LogP contribution in [0.3, 0.4) is 0 Å². The van der Waals surface area contributed by atoms with E-state index in [2.05, 4.69) is 10.0 Å². The van der Waals surface area contributed by atoms with Crippen LogP contribution in [0.1, 0.15) is 5.56 Å². The molecular weight excluding hydrogens is 480 g/mol. The Morgan fingerprint density at radius 1 is 0.912 bits per heavy atom. The number of amides is 1. The summed E-state index contributed by atoms with van der Waals surface area (Å²) < 4.78 is 44.3. The number of carbonyl (C=O) groups excluding carboxylic acids is 1. The van der Waals surface area contributed by atoms with Crippen molar-refractivity contribution in [1.82, 2.24) is 4.72 Å². The van der Waals surface area contributed by atoms with Gasteiger partial charge in [0.05, 0.1) is 36.9 Å². The number of hydrogen-bond donors (Lipinski definition) is 2. The van der Waals surface area contributed by atoms with Crippen molar-refractivity contribution in [2.75, 3.05) is 26.6 Å². The average Bonchev–Trinajstić information content (AvgIpc) is 2.84. The maximum atomic E-state index is 13.2. The molecule has 0 spiro atoms. The molecule has 1 atom stereocenters. The second-order valence-electron chi connectivity index (χ2n) is 7.22. The van der Waals surface area contributed by atoms with Gasteiger partial charge < -0.3 is 19.5 Å². The van der Waals surface area contributed by atoms with E-state index < -0.39 is 22.0 Å². The van der Waals surface area contributed by atoms with Crippen molar-refractivity contribution in [2.24, 2.45) is 0 Å². The smallest absolute Gasteiger partial charge is 0.243 e. The fraction of sp³-hybridized carbons (Fsp3) is 0.208. The normalized spacial score (nSPS) is 12.0. The van der Waals surface area contributed by atoms with E-state index in [0.29, 0.717) is 22.9 Å². The summed E-state index contributed by atoms with van der Waals surface area (Å²) in [6, 6.07) is 16.9. The molecule has 3 aromatic carbocycles. The molecule has 0 bridgehead atoms. The lowest BCUT2D eigenvalue weighted by Gasteiger charge is -2.20. The van der Waals surface area contributed by atoms with E-state index in [4.69, 9.17) is 25.8 Å². The molecule has 180 valence electrons. The van der Waals surface area contributed by atoms with E-state index in [9.17, 15) is 13.2 Å². The summed E-state index contributed by atoms with van der Waals surface area (Å²) in [6.07, 6.45) is 0.119. The zero-order valence-corrected chi connectivity index (χ0v) is 20.4. The lowest BCUT2D eigenvalue weighted by atomic mass is 10.1. The number of rotatable bonds is 10. The van der Waals surface area contributed by atoms with E-state index in [1.807, 2.05) is 30.3 Å². The van der Waals surface area contributed by atoms with Gasteiger partial charge in [0.25, 0.3) is 0 Å². The number of ether oxygens (including phenoxy) is 3. The van der Waals surface area contributed by atoms with Crippen LogP contribution in [-0.2, 0) is 21.2 Å². The lowest BCUT2D eigenvalue weighted by Crippen LogP contribution is -2.45. The Kier molecular flexibility index (Phi) is 8.38. The van der Waals surface area contributed by atoms with Gasteiger partial charge >= 0.3 is 0 Å². The van der Waals surface area contributed by atoms with Crippen LogP contribution in [0.25, 0.3) is 0 Å². The summed E-state index contributed by atoms with van der Waals surface area (Å²) in [7, 11) is 0.316. The van der Waals surface area contributed by atoms with Crippen LogP contribution in [-0.4, -0.2) is 41.7 Å². The van der Waals surface area contributed by atoms with E-state index in [-0.39, 0.29) is 16.3 Å². The van der Waals surface area contributed by atoms with Crippen molar-refractivity contribution >= 4 is 33.2 Å². The van der Waals surface area contributed by atoms with Gasteiger partial charge in [-0.1, -0.05) is 41.9 Å². The van der Waals surface area contributed by atoms with Crippen LogP contribution >= 0.6 is 11.6 Å². The molecule has 0 aromatic heterocycles. The first-order valence-corrected chi connectivity index (χ1v) is 12.1. The Bertz CT molecular complexity index is 1250. The highest BCUT2D eigenvalue weighted by Crippen LogP contribution is 2.30. The second kappa shape index (κ2) is 11.2. The summed E-state index contributed by atoms with van der Waals surface area (Å²) >= 11 is 6.11. The molecule has 0 heterocycles. The minimum absolute atomic E-state index is 0.0915. The standard InChI is InChI=1S/C24H25ClN2O6S/c1-31-17-9-11-20(23(14-17)33-3)26-24(28)21(13-16-7-5-4-6-8-16)27-34(29,30)18-10-12-22(32-2)19(25)15-18/h4-12,14-15,21,27H,13H2,1-3H3,(H,26,28). The van der Waals surface area contributed by atoms with E-state index in [0.717, 1.165) is 5.56 Å². The number of sulfonamides is 1. The second-order valence-corrected chi connectivity index (χ2v) is 9.34. The van der Waals surface area contributed by atoms with E-state index in [1.165, 1.54) is 39.5 Å². The maximum Gasteiger partial charge on any atom is 0.243 e. The van der Waals surface area contributed by atoms with Gasteiger partial charge in [-0.2, -0.15) is 4.72 Å². The van der Waals surface area contributed by atoms with Gasteiger partial charge in [-0.15, -0.1) is 0 Å². The van der Waals surface area contributed by atoms with Gasteiger partial charge in [-0.3, -0.25) is 4.79 Å². The molecule has 10 heteroatoms. The van der Waals surface area contributed by atoms with E-state index in [1.54, 1.807) is 18.2 Å². The number of carbonyl (C=O) groups is 1. The third-order valence-electron chi connectivity index (χ3n) is 5.00. The predicted octanol–water partition coefficient (Wildman–Crippen LogP) is 3.89. The average molecular weight is 505 g/mol. The molecular formula is C24H25ClN2O6S. The summed E-state index contributed by atoms with van der Waals surface area (Å²) in [4.78, 5) is 13.2. The van der Waals surface area contributed by atoms with Crippen LogP contribution in [0, 0.1) is 0 Å². The van der Waals surface area contributed by atoms with Gasteiger partial charge in [-0.25, -0.2) is 8.42 Å². The number of hydrogen-bond acceptors (Lipinski definition) is 6. The van der Waals surface area contributed by atoms with Gasteiger partial charge in [0.15, 0.2) is 0 Å². The van der Waals surface area contributed by atoms with Crippen LogP contribution in [0.4, 0.5) is 5.69 Å². The molecule has 3 rings (SSSR count). The van der Waals surface area contributed by atoms with Crippen molar-refractivity contribution < 1.29 is 27.4 Å². The maximum absolute atomic E-state index is 13.2. The van der Waals surface area contributed by atoms with Crippen molar-refractivity contribution in [3.05, 3.63) is 77.3 Å². The highest BCUT2D eigenvalue weighted by atomic mass is 35.5. The minimum atomic E-state index is -4.09. The zero-order valence-electron chi connectivity index (χ0n) is 18.9. The molecule has 3 aromatic rings. The van der Waals surface area contributed by atoms with Crippen LogP contribution in [0.2, 0.25) is 5.02 Å². The Balaban J connectivity index is 1.90. The molecule has 2 N–H and O–H groups in total. The molecule has 0 saturated heterocycles. The third-order valence-corrected chi connectivity index (χ3v) is 6.76. The summed E-state index contributed by atoms with van der Waals surface area (Å²) in [5.74, 6) is 0.699. The zero-order chi connectivity index (χ0) is 24.7. The monoisotopic (exact) mass is 504 g/mol. The van der Waals surface area contributed by atoms with Crippen molar-refractivity contribution in [3.63, 3.8) is 0 Å². The van der Waals surface area contributed by atoms with Gasteiger partial charge in [0.1, 0.15) is 23.3 Å². The molecule has 8 nitrogen and oxygen atoms in total. The Labute approximate surface area is 203 Å². The van der Waals surface area contributed by atoms with Gasteiger partial charge in [-0.05, 0) is 42.3 Å². The first kappa shape index (κ1) is 25.4. The molecule has 0 aliphatic rings. The number of nitrogens with one attached hydrogen (secondary N) is 2. The van der Waals surface area contributed by atoms with Gasteiger partial charge in [0, 0.05) is 6.07 Å². The molecule has 0 saturated carbocycles. The quantitative estimate of drug-likeness (QED) is 0.434. The van der Waals surface area contributed by atoms with Crippen molar-refractivity contribution in [3.8, 4) is 17.2 Å². The van der Waals surface area contributed by atoms with Crippen LogP contribution in [0.15, 0.2) is 71.6 Å². The molecule has 1 unspecified atom stereocenters. The topological polar surface area (TPSA) is 103 Å². The molecule has 0 aliphatic carbocycles. The molecule has 0 fully saturated rings. The lowest BCUT2D eigenvalue weighted by molar-refractivity contribution is -0.117. The Hall–Kier alpha value is -3.27. The largest absolute Gasteiger partial charge is 0.497 e. The Morgan fingerprint density at radius 3 is 2.24 bits per heavy atom. The third kappa shape index (κ3) is 6.19. The number of halogens is 1. The Morgan fingerprint density at radius 2 is 1.62 bits per heavy atom. The molecule has 1 amide bonds. The first-order valence-electron chi connectivity index (χ1n) is 10.2. The van der Waals surface area contributed by atoms with Gasteiger partial charge in [0.2, 0.25) is 15.9 Å². The summed E-state index contributed by atoms with van der Waals surface area (Å²) in [5.41, 5.74) is 1.15. The molecule has 0 aliphatic heterocycles. The first-order chi connectivity index (χ1) is 16.3. The predicted molar refractivity (Wildman–Crippen MR) is 130 cm³/mol. The minimum Gasteiger partial charge on any atom is -0.497 e. The fourth-order valence-corrected chi connectivity index (χ4v) is 4.77. The van der Waals surface area contributed by atoms with Crippen LogP contribution in [0.5, 0.6) is 17.2 Å². The fourth-order valence-electron chi connectivity index (χ4n) is 3.23. The molecule has 0 radical (unpaired) electrons. The van der Waals surface area contributed by atoms with E-state index >= 15 is 0 Å². The van der Waals surface area contributed by atoms with Crippen LogP contribution < -0.4 is 24.2 Å². The molecule has 34 heavy (non-hydrogen) atoms. The number of anilines is 1.